The lowest BCUT2D eigenvalue weighted by Gasteiger charge is -2.07. The molecular formula is C13H10N2O4S. The number of nitrogens with zero attached hydrogens (tertiary/aromatic N) is 1. The Morgan fingerprint density at radius 1 is 1.35 bits per heavy atom. The Morgan fingerprint density at radius 2 is 2.10 bits per heavy atom. The number of aryl methyl sites for hydroxylation is 1. The summed E-state index contributed by atoms with van der Waals surface area (Å²) >= 11 is 0. The van der Waals surface area contributed by atoms with Crippen molar-refractivity contribution in [3.8, 4) is 0 Å². The van der Waals surface area contributed by atoms with Crippen molar-refractivity contribution < 1.29 is 18.9 Å². The van der Waals surface area contributed by atoms with Gasteiger partial charge >= 0.3 is 5.97 Å². The first kappa shape index (κ1) is 12.6. The fourth-order valence-electron chi connectivity index (χ4n) is 2.08. The van der Waals surface area contributed by atoms with Gasteiger partial charge < -0.3 is 10.4 Å². The SMILES string of the molecule is Cc1cc2n(c1)S(=O)c1ccc(C(=O)O)cc1NC2=O. The molecule has 0 bridgehead atoms. The van der Waals surface area contributed by atoms with E-state index >= 15 is 0 Å². The van der Waals surface area contributed by atoms with Crippen LogP contribution in [0.3, 0.4) is 0 Å². The normalized spacial score (nSPS) is 16.9. The Balaban J connectivity index is 2.21. The Morgan fingerprint density at radius 3 is 2.80 bits per heavy atom. The summed E-state index contributed by atoms with van der Waals surface area (Å²) in [4.78, 5) is 23.4. The van der Waals surface area contributed by atoms with Crippen LogP contribution in [0, 0.1) is 6.92 Å². The molecule has 7 heteroatoms. The van der Waals surface area contributed by atoms with Crippen LogP contribution in [0.1, 0.15) is 26.4 Å². The third-order valence-electron chi connectivity index (χ3n) is 3.00. The molecule has 0 fully saturated rings. The highest BCUT2D eigenvalue weighted by Gasteiger charge is 2.25. The van der Waals surface area contributed by atoms with Crippen LogP contribution in [0.25, 0.3) is 0 Å². The van der Waals surface area contributed by atoms with Gasteiger partial charge in [-0.05, 0) is 36.8 Å². The minimum absolute atomic E-state index is 0.0313. The van der Waals surface area contributed by atoms with Gasteiger partial charge in [-0.3, -0.25) is 8.77 Å². The Kier molecular flexibility index (Phi) is 2.72. The van der Waals surface area contributed by atoms with Gasteiger partial charge in [-0.25, -0.2) is 9.00 Å². The Hall–Kier alpha value is -2.41. The molecule has 2 N–H and O–H groups in total. The zero-order valence-electron chi connectivity index (χ0n) is 10.4. The highest BCUT2D eigenvalue weighted by Crippen LogP contribution is 2.28. The van der Waals surface area contributed by atoms with Crippen molar-refractivity contribution in [2.45, 2.75) is 11.8 Å². The van der Waals surface area contributed by atoms with Gasteiger partial charge in [0, 0.05) is 6.20 Å². The number of rotatable bonds is 1. The van der Waals surface area contributed by atoms with E-state index in [0.29, 0.717) is 4.90 Å². The number of carbonyl (C=O) groups excluding carboxylic acids is 1. The van der Waals surface area contributed by atoms with Crippen LogP contribution >= 0.6 is 0 Å². The van der Waals surface area contributed by atoms with Gasteiger partial charge in [0.2, 0.25) is 0 Å². The number of carboxylic acids is 1. The number of amides is 1. The lowest BCUT2D eigenvalue weighted by atomic mass is 10.2. The van der Waals surface area contributed by atoms with Crippen LogP contribution in [-0.2, 0) is 11.0 Å². The van der Waals surface area contributed by atoms with Crippen molar-refractivity contribution >= 4 is 28.5 Å². The molecule has 6 nitrogen and oxygen atoms in total. The van der Waals surface area contributed by atoms with Crippen LogP contribution < -0.4 is 5.32 Å². The van der Waals surface area contributed by atoms with Gasteiger partial charge in [0.15, 0.2) is 11.0 Å². The first-order valence-electron chi connectivity index (χ1n) is 5.77. The molecule has 1 aromatic heterocycles. The van der Waals surface area contributed by atoms with E-state index in [4.69, 9.17) is 5.11 Å². The average molecular weight is 290 g/mol. The third kappa shape index (κ3) is 1.83. The maximum Gasteiger partial charge on any atom is 0.335 e. The molecule has 20 heavy (non-hydrogen) atoms. The van der Waals surface area contributed by atoms with Gasteiger partial charge in [0.25, 0.3) is 5.91 Å². The van der Waals surface area contributed by atoms with E-state index in [1.807, 2.05) is 0 Å². The second-order valence-electron chi connectivity index (χ2n) is 4.45. The van der Waals surface area contributed by atoms with Gasteiger partial charge in [0.1, 0.15) is 5.69 Å². The number of hydrogen-bond donors (Lipinski definition) is 2. The topological polar surface area (TPSA) is 88.4 Å². The van der Waals surface area contributed by atoms with Gasteiger partial charge in [-0.2, -0.15) is 0 Å². The lowest BCUT2D eigenvalue weighted by molar-refractivity contribution is 0.0696. The second-order valence-corrected chi connectivity index (χ2v) is 5.78. The molecule has 102 valence electrons. The van der Waals surface area contributed by atoms with E-state index < -0.39 is 22.9 Å². The number of carboxylic acid groups (broad SMARTS) is 1. The summed E-state index contributed by atoms with van der Waals surface area (Å²) in [6, 6.07) is 5.77. The zero-order chi connectivity index (χ0) is 14.4. The molecular weight excluding hydrogens is 280 g/mol. The molecule has 0 saturated carbocycles. The molecule has 1 unspecified atom stereocenters. The molecule has 1 aromatic carbocycles. The smallest absolute Gasteiger partial charge is 0.335 e. The summed E-state index contributed by atoms with van der Waals surface area (Å²) in [5.74, 6) is -1.51. The van der Waals surface area contributed by atoms with Crippen molar-refractivity contribution in [1.29, 1.82) is 0 Å². The number of aromatic carboxylic acids is 1. The first-order valence-corrected chi connectivity index (χ1v) is 6.88. The summed E-state index contributed by atoms with van der Waals surface area (Å²) in [6.45, 7) is 1.81. The minimum Gasteiger partial charge on any atom is -0.478 e. The Bertz CT molecular complexity index is 779. The number of aromatic nitrogens is 1. The fraction of sp³-hybridized carbons (Fsp3) is 0.0769. The van der Waals surface area contributed by atoms with Gasteiger partial charge in [0.05, 0.1) is 16.1 Å². The molecule has 0 aliphatic carbocycles. The molecule has 0 spiro atoms. The molecule has 3 rings (SSSR count). The van der Waals surface area contributed by atoms with E-state index in [2.05, 4.69) is 5.32 Å². The van der Waals surface area contributed by atoms with E-state index in [-0.39, 0.29) is 16.9 Å². The molecule has 2 aromatic rings. The predicted molar refractivity (Wildman–Crippen MR) is 72.3 cm³/mol. The van der Waals surface area contributed by atoms with Crippen LogP contribution in [-0.4, -0.2) is 25.2 Å². The summed E-state index contributed by atoms with van der Waals surface area (Å²) in [6.07, 6.45) is 1.63. The highest BCUT2D eigenvalue weighted by molar-refractivity contribution is 7.83. The number of nitrogens with one attached hydrogen (secondary N) is 1. The highest BCUT2D eigenvalue weighted by atomic mass is 32.2. The second kappa shape index (κ2) is 4.31. The summed E-state index contributed by atoms with van der Waals surface area (Å²) in [5, 5.41) is 11.6. The van der Waals surface area contributed by atoms with Crippen molar-refractivity contribution in [1.82, 2.24) is 3.97 Å². The predicted octanol–water partition coefficient (Wildman–Crippen LogP) is 1.63. The monoisotopic (exact) mass is 290 g/mol. The third-order valence-corrected chi connectivity index (χ3v) is 4.39. The molecule has 1 amide bonds. The molecule has 2 heterocycles. The summed E-state index contributed by atoms with van der Waals surface area (Å²) < 4.78 is 13.9. The van der Waals surface area contributed by atoms with Gasteiger partial charge in [-0.1, -0.05) is 0 Å². The molecule has 1 aliphatic rings. The standard InChI is InChI=1S/C13H10N2O4S/c1-7-4-10-12(16)14-9-5-8(13(17)18)2-3-11(9)20(19)15(10)6-7/h2-6H,1H3,(H,14,16)(H,17,18). The van der Waals surface area contributed by atoms with Crippen molar-refractivity contribution in [3.63, 3.8) is 0 Å². The van der Waals surface area contributed by atoms with E-state index in [1.165, 1.54) is 22.2 Å². The molecule has 1 aliphatic heterocycles. The number of fused-ring (bicyclic) bond motifs is 2. The quantitative estimate of drug-likeness (QED) is 0.835. The Labute approximate surface area is 116 Å². The summed E-state index contributed by atoms with van der Waals surface area (Å²) in [7, 11) is -1.59. The van der Waals surface area contributed by atoms with Crippen LogP contribution in [0.2, 0.25) is 0 Å². The summed E-state index contributed by atoms with van der Waals surface area (Å²) in [5.41, 5.74) is 1.40. The molecule has 0 saturated heterocycles. The lowest BCUT2D eigenvalue weighted by Crippen LogP contribution is -2.13. The number of anilines is 1. The average Bonchev–Trinajstić information content (AvgIpc) is 2.76. The first-order chi connectivity index (χ1) is 9.47. The van der Waals surface area contributed by atoms with E-state index in [1.54, 1.807) is 19.2 Å². The fourth-order valence-corrected chi connectivity index (χ4v) is 3.35. The van der Waals surface area contributed by atoms with Crippen molar-refractivity contribution in [2.24, 2.45) is 0 Å². The molecule has 0 radical (unpaired) electrons. The van der Waals surface area contributed by atoms with Crippen LogP contribution in [0.15, 0.2) is 35.4 Å². The molecule has 1 atom stereocenters. The van der Waals surface area contributed by atoms with Crippen LogP contribution in [0.5, 0.6) is 0 Å². The van der Waals surface area contributed by atoms with E-state index in [0.717, 1.165) is 5.56 Å². The number of hydrogen-bond acceptors (Lipinski definition) is 3. The van der Waals surface area contributed by atoms with Crippen molar-refractivity contribution in [2.75, 3.05) is 5.32 Å². The number of carbonyl (C=O) groups is 2. The van der Waals surface area contributed by atoms with E-state index in [9.17, 15) is 13.8 Å². The van der Waals surface area contributed by atoms with Crippen LogP contribution in [0.4, 0.5) is 5.69 Å². The largest absolute Gasteiger partial charge is 0.478 e. The van der Waals surface area contributed by atoms with Crippen molar-refractivity contribution in [3.05, 3.63) is 47.3 Å². The maximum atomic E-state index is 12.5. The van der Waals surface area contributed by atoms with Gasteiger partial charge in [-0.15, -0.1) is 0 Å². The zero-order valence-corrected chi connectivity index (χ0v) is 11.2. The maximum absolute atomic E-state index is 12.5. The number of benzene rings is 1. The minimum atomic E-state index is -1.59.